The first kappa shape index (κ1) is 16.0. The molecule has 0 aromatic heterocycles. The van der Waals surface area contributed by atoms with Crippen LogP contribution in [0, 0.1) is 13.8 Å². The van der Waals surface area contributed by atoms with Crippen LogP contribution in [0.25, 0.3) is 0 Å². The van der Waals surface area contributed by atoms with Crippen molar-refractivity contribution in [3.05, 3.63) is 53.6 Å². The molecule has 22 heavy (non-hydrogen) atoms. The number of hydrogen-bond acceptors (Lipinski definition) is 3. The van der Waals surface area contributed by atoms with E-state index in [-0.39, 0.29) is 4.90 Å². The lowest BCUT2D eigenvalue weighted by molar-refractivity contribution is 0.262. The van der Waals surface area contributed by atoms with Gasteiger partial charge in [-0.2, -0.15) is 0 Å². The maximum atomic E-state index is 11.9. The Balaban J connectivity index is 2.04. The summed E-state index contributed by atoms with van der Waals surface area (Å²) < 4.78 is 22.3. The van der Waals surface area contributed by atoms with Crippen LogP contribution in [0.5, 0.6) is 0 Å². The van der Waals surface area contributed by atoms with Crippen molar-refractivity contribution in [3.8, 4) is 0 Å². The first-order valence-corrected chi connectivity index (χ1v) is 8.08. The number of urea groups is 1. The summed E-state index contributed by atoms with van der Waals surface area (Å²) in [4.78, 5) is 11.9. The van der Waals surface area contributed by atoms with Gasteiger partial charge in [0.1, 0.15) is 0 Å². The van der Waals surface area contributed by atoms with E-state index in [9.17, 15) is 13.2 Å². The molecule has 0 atom stereocenters. The van der Waals surface area contributed by atoms with E-state index in [0.717, 1.165) is 11.1 Å². The summed E-state index contributed by atoms with van der Waals surface area (Å²) in [6.07, 6.45) is 0. The van der Waals surface area contributed by atoms with Gasteiger partial charge >= 0.3 is 6.03 Å². The maximum Gasteiger partial charge on any atom is 0.323 e. The number of carbonyl (C=O) groups is 1. The van der Waals surface area contributed by atoms with Crippen LogP contribution in [0.2, 0.25) is 0 Å². The van der Waals surface area contributed by atoms with Gasteiger partial charge in [0, 0.05) is 11.4 Å². The van der Waals surface area contributed by atoms with Crippen LogP contribution < -0.4 is 15.8 Å². The Hall–Kier alpha value is -2.38. The summed E-state index contributed by atoms with van der Waals surface area (Å²) in [6, 6.07) is 10.8. The monoisotopic (exact) mass is 319 g/mol. The topological polar surface area (TPSA) is 101 Å². The zero-order valence-electron chi connectivity index (χ0n) is 12.3. The van der Waals surface area contributed by atoms with Crippen molar-refractivity contribution >= 4 is 27.4 Å². The Morgan fingerprint density at radius 3 is 2.00 bits per heavy atom. The first-order valence-electron chi connectivity index (χ1n) is 6.54. The molecule has 0 aliphatic heterocycles. The van der Waals surface area contributed by atoms with Gasteiger partial charge in [-0.1, -0.05) is 6.07 Å². The Morgan fingerprint density at radius 2 is 1.45 bits per heavy atom. The lowest BCUT2D eigenvalue weighted by Gasteiger charge is -2.09. The summed E-state index contributed by atoms with van der Waals surface area (Å²) in [5.41, 5.74) is 3.37. The van der Waals surface area contributed by atoms with Crippen molar-refractivity contribution in [3.63, 3.8) is 0 Å². The van der Waals surface area contributed by atoms with E-state index >= 15 is 0 Å². The Kier molecular flexibility index (Phi) is 4.48. The third-order valence-electron chi connectivity index (χ3n) is 3.21. The molecule has 116 valence electrons. The van der Waals surface area contributed by atoms with Crippen molar-refractivity contribution < 1.29 is 13.2 Å². The molecule has 7 heteroatoms. The predicted octanol–water partition coefficient (Wildman–Crippen LogP) is 2.59. The van der Waals surface area contributed by atoms with Gasteiger partial charge in [0.25, 0.3) is 0 Å². The summed E-state index contributed by atoms with van der Waals surface area (Å²) in [6.45, 7) is 3.95. The van der Waals surface area contributed by atoms with Gasteiger partial charge in [-0.25, -0.2) is 18.4 Å². The fourth-order valence-corrected chi connectivity index (χ4v) is 2.36. The summed E-state index contributed by atoms with van der Waals surface area (Å²) in [7, 11) is -3.73. The second-order valence-electron chi connectivity index (χ2n) is 4.95. The zero-order chi connectivity index (χ0) is 16.3. The van der Waals surface area contributed by atoms with E-state index in [1.807, 2.05) is 32.0 Å². The van der Waals surface area contributed by atoms with Gasteiger partial charge < -0.3 is 10.6 Å². The molecule has 0 saturated heterocycles. The highest BCUT2D eigenvalue weighted by Crippen LogP contribution is 2.16. The number of amides is 2. The van der Waals surface area contributed by atoms with Crippen molar-refractivity contribution in [1.29, 1.82) is 0 Å². The molecule has 6 nitrogen and oxygen atoms in total. The number of nitrogens with one attached hydrogen (secondary N) is 2. The van der Waals surface area contributed by atoms with E-state index < -0.39 is 16.1 Å². The minimum Gasteiger partial charge on any atom is -0.308 e. The number of aryl methyl sites for hydroxylation is 2. The number of hydrogen-bond donors (Lipinski definition) is 3. The standard InChI is InChI=1S/C15H17N3O3S/c1-10-3-4-13(9-11(10)2)18-15(19)17-12-5-7-14(8-6-12)22(16,20)21/h3-9H,1-2H3,(H2,16,20,21)(H2,17,18,19). The average molecular weight is 319 g/mol. The Morgan fingerprint density at radius 1 is 0.909 bits per heavy atom. The Bertz CT molecular complexity index is 799. The van der Waals surface area contributed by atoms with Gasteiger partial charge in [-0.3, -0.25) is 0 Å². The molecule has 0 fully saturated rings. The number of nitrogens with two attached hydrogens (primary N) is 1. The Labute approximate surface area is 129 Å². The van der Waals surface area contributed by atoms with Gasteiger partial charge in [-0.15, -0.1) is 0 Å². The SMILES string of the molecule is Cc1ccc(NC(=O)Nc2ccc(S(N)(=O)=O)cc2)cc1C. The van der Waals surface area contributed by atoms with Gasteiger partial charge in [0.15, 0.2) is 0 Å². The molecule has 2 aromatic rings. The van der Waals surface area contributed by atoms with E-state index in [2.05, 4.69) is 10.6 Å². The lowest BCUT2D eigenvalue weighted by atomic mass is 10.1. The fraction of sp³-hybridized carbons (Fsp3) is 0.133. The van der Waals surface area contributed by atoms with Crippen LogP contribution >= 0.6 is 0 Å². The number of anilines is 2. The molecular weight excluding hydrogens is 302 g/mol. The summed E-state index contributed by atoms with van der Waals surface area (Å²) in [5, 5.41) is 10.3. The van der Waals surface area contributed by atoms with Crippen molar-refractivity contribution in [2.45, 2.75) is 18.7 Å². The molecule has 0 spiro atoms. The molecule has 0 heterocycles. The van der Waals surface area contributed by atoms with Gasteiger partial charge in [-0.05, 0) is 61.4 Å². The molecule has 0 aliphatic carbocycles. The molecule has 2 amide bonds. The van der Waals surface area contributed by atoms with Crippen molar-refractivity contribution in [2.24, 2.45) is 5.14 Å². The molecule has 0 bridgehead atoms. The molecule has 0 saturated carbocycles. The number of primary sulfonamides is 1. The average Bonchev–Trinajstić information content (AvgIpc) is 2.42. The van der Waals surface area contributed by atoms with Crippen LogP contribution in [-0.4, -0.2) is 14.4 Å². The summed E-state index contributed by atoms with van der Waals surface area (Å²) in [5.74, 6) is 0. The fourth-order valence-electron chi connectivity index (χ4n) is 1.84. The van der Waals surface area contributed by atoms with E-state index in [0.29, 0.717) is 11.4 Å². The third-order valence-corrected chi connectivity index (χ3v) is 4.13. The van der Waals surface area contributed by atoms with Crippen LogP contribution in [0.3, 0.4) is 0 Å². The largest absolute Gasteiger partial charge is 0.323 e. The first-order chi connectivity index (χ1) is 10.3. The second-order valence-corrected chi connectivity index (χ2v) is 6.51. The number of benzene rings is 2. The minimum atomic E-state index is -3.73. The molecule has 0 aliphatic rings. The van der Waals surface area contributed by atoms with Crippen LogP contribution in [0.15, 0.2) is 47.4 Å². The molecule has 2 rings (SSSR count). The molecule has 0 radical (unpaired) electrons. The second kappa shape index (κ2) is 6.17. The lowest BCUT2D eigenvalue weighted by Crippen LogP contribution is -2.19. The quantitative estimate of drug-likeness (QED) is 0.810. The van der Waals surface area contributed by atoms with Gasteiger partial charge in [0.2, 0.25) is 10.0 Å². The normalized spacial score (nSPS) is 11.0. The highest BCUT2D eigenvalue weighted by Gasteiger charge is 2.08. The minimum absolute atomic E-state index is 0.00684. The third kappa shape index (κ3) is 4.06. The van der Waals surface area contributed by atoms with Crippen molar-refractivity contribution in [1.82, 2.24) is 0 Å². The smallest absolute Gasteiger partial charge is 0.308 e. The predicted molar refractivity (Wildman–Crippen MR) is 86.4 cm³/mol. The molecule has 4 N–H and O–H groups in total. The molecule has 0 unspecified atom stereocenters. The van der Waals surface area contributed by atoms with Crippen molar-refractivity contribution in [2.75, 3.05) is 10.6 Å². The van der Waals surface area contributed by atoms with E-state index in [1.54, 1.807) is 0 Å². The highest BCUT2D eigenvalue weighted by molar-refractivity contribution is 7.89. The van der Waals surface area contributed by atoms with E-state index in [1.165, 1.54) is 24.3 Å². The van der Waals surface area contributed by atoms with Crippen LogP contribution in [0.4, 0.5) is 16.2 Å². The number of sulfonamides is 1. The number of rotatable bonds is 3. The maximum absolute atomic E-state index is 11.9. The molecular formula is C15H17N3O3S. The highest BCUT2D eigenvalue weighted by atomic mass is 32.2. The van der Waals surface area contributed by atoms with Crippen LogP contribution in [0.1, 0.15) is 11.1 Å². The zero-order valence-corrected chi connectivity index (χ0v) is 13.1. The van der Waals surface area contributed by atoms with Gasteiger partial charge in [0.05, 0.1) is 4.90 Å². The van der Waals surface area contributed by atoms with Crippen LogP contribution in [-0.2, 0) is 10.0 Å². The number of carbonyl (C=O) groups excluding carboxylic acids is 1. The van der Waals surface area contributed by atoms with E-state index in [4.69, 9.17) is 5.14 Å². The summed E-state index contributed by atoms with van der Waals surface area (Å²) >= 11 is 0. The molecule has 2 aromatic carbocycles.